The van der Waals surface area contributed by atoms with E-state index in [1.54, 1.807) is 6.92 Å². The Hall–Kier alpha value is -2.66. The number of Topliss-reactive ketones (excluding diaryl/α,β-unsaturated/α-hetero) is 2. The van der Waals surface area contributed by atoms with E-state index in [0.29, 0.717) is 5.56 Å². The fourth-order valence-corrected chi connectivity index (χ4v) is 1.91. The fourth-order valence-electron chi connectivity index (χ4n) is 1.91. The van der Waals surface area contributed by atoms with Crippen LogP contribution in [0.1, 0.15) is 31.8 Å². The number of phenolic OH excluding ortho intramolecular Hbond substituents is 1. The Morgan fingerprint density at radius 2 is 1.43 bits per heavy atom. The van der Waals surface area contributed by atoms with Crippen molar-refractivity contribution in [2.75, 3.05) is 0 Å². The summed E-state index contributed by atoms with van der Waals surface area (Å²) in [6.07, 6.45) is 0. The lowest BCUT2D eigenvalue weighted by molar-refractivity contribution is 0.0816. The van der Waals surface area contributed by atoms with Crippen LogP contribution in [-0.4, -0.2) is 26.9 Å². The summed E-state index contributed by atoms with van der Waals surface area (Å²) in [5, 5.41) is 27.9. The molecule has 0 aliphatic rings. The first kappa shape index (κ1) is 14.7. The van der Waals surface area contributed by atoms with E-state index in [-0.39, 0.29) is 28.2 Å². The molecule has 0 unspecified atom stereocenters. The normalized spacial score (nSPS) is 10.4. The molecule has 5 nitrogen and oxygen atoms in total. The van der Waals surface area contributed by atoms with Crippen LogP contribution in [-0.2, 0) is 6.61 Å². The molecule has 0 saturated carbocycles. The number of aryl methyl sites for hydroxylation is 1. The number of carbonyl (C=O) groups excluding carboxylic acids is 2. The molecule has 0 bridgehead atoms. The maximum Gasteiger partial charge on any atom is 0.233 e. The molecule has 2 aromatic carbocycles. The van der Waals surface area contributed by atoms with Crippen molar-refractivity contribution in [2.45, 2.75) is 13.5 Å². The molecule has 0 spiro atoms. The van der Waals surface area contributed by atoms with Crippen LogP contribution < -0.4 is 0 Å². The SMILES string of the molecule is Cc1cc(C(=O)C(=O)c2ccc(O)c(CO)c2)ccc1O. The smallest absolute Gasteiger partial charge is 0.233 e. The number of ketones is 2. The van der Waals surface area contributed by atoms with Gasteiger partial charge in [0, 0.05) is 16.7 Å². The summed E-state index contributed by atoms with van der Waals surface area (Å²) in [6, 6.07) is 8.02. The molecule has 0 heterocycles. The topological polar surface area (TPSA) is 94.8 Å². The van der Waals surface area contributed by atoms with E-state index in [1.165, 1.54) is 36.4 Å². The van der Waals surface area contributed by atoms with Gasteiger partial charge in [0.2, 0.25) is 11.6 Å². The fraction of sp³-hybridized carbons (Fsp3) is 0.125. The molecule has 2 aromatic rings. The maximum atomic E-state index is 12.1. The van der Waals surface area contributed by atoms with Crippen molar-refractivity contribution in [1.82, 2.24) is 0 Å². The minimum Gasteiger partial charge on any atom is -0.508 e. The van der Waals surface area contributed by atoms with Gasteiger partial charge in [-0.2, -0.15) is 0 Å². The minimum atomic E-state index is -0.741. The van der Waals surface area contributed by atoms with E-state index in [0.717, 1.165) is 0 Å². The van der Waals surface area contributed by atoms with Crippen LogP contribution in [0.3, 0.4) is 0 Å². The Morgan fingerprint density at radius 3 is 1.95 bits per heavy atom. The van der Waals surface area contributed by atoms with E-state index < -0.39 is 18.2 Å². The van der Waals surface area contributed by atoms with Crippen LogP contribution in [0.25, 0.3) is 0 Å². The summed E-state index contributed by atoms with van der Waals surface area (Å²) >= 11 is 0. The molecule has 2 rings (SSSR count). The van der Waals surface area contributed by atoms with Crippen molar-refractivity contribution < 1.29 is 24.9 Å². The van der Waals surface area contributed by atoms with Gasteiger partial charge in [-0.1, -0.05) is 0 Å². The Bertz CT molecular complexity index is 719. The third-order valence-electron chi connectivity index (χ3n) is 3.18. The number of phenols is 2. The Labute approximate surface area is 121 Å². The van der Waals surface area contributed by atoms with Gasteiger partial charge in [0.15, 0.2) is 0 Å². The molecular weight excluding hydrogens is 272 g/mol. The summed E-state index contributed by atoms with van der Waals surface area (Å²) in [4.78, 5) is 24.3. The average molecular weight is 286 g/mol. The molecule has 21 heavy (non-hydrogen) atoms. The largest absolute Gasteiger partial charge is 0.508 e. The lowest BCUT2D eigenvalue weighted by atomic mass is 9.98. The molecule has 0 fully saturated rings. The molecule has 0 aromatic heterocycles. The lowest BCUT2D eigenvalue weighted by Gasteiger charge is -2.06. The van der Waals surface area contributed by atoms with Gasteiger partial charge in [0.05, 0.1) is 6.61 Å². The number of aliphatic hydroxyl groups excluding tert-OH is 1. The van der Waals surface area contributed by atoms with E-state index >= 15 is 0 Å². The molecule has 0 saturated heterocycles. The average Bonchev–Trinajstić information content (AvgIpc) is 2.49. The lowest BCUT2D eigenvalue weighted by Crippen LogP contribution is -2.15. The third-order valence-corrected chi connectivity index (χ3v) is 3.18. The number of hydrogen-bond acceptors (Lipinski definition) is 5. The number of carbonyl (C=O) groups is 2. The summed E-state index contributed by atoms with van der Waals surface area (Å²) in [6.45, 7) is 1.19. The van der Waals surface area contributed by atoms with Gasteiger partial charge in [0.25, 0.3) is 0 Å². The summed E-state index contributed by atoms with van der Waals surface area (Å²) in [5.41, 5.74) is 0.937. The number of aliphatic hydroxyl groups is 1. The summed E-state index contributed by atoms with van der Waals surface area (Å²) < 4.78 is 0. The zero-order chi connectivity index (χ0) is 15.6. The second-order valence-corrected chi connectivity index (χ2v) is 4.66. The Morgan fingerprint density at radius 1 is 0.905 bits per heavy atom. The van der Waals surface area contributed by atoms with E-state index in [4.69, 9.17) is 5.11 Å². The molecule has 0 amide bonds. The second kappa shape index (κ2) is 5.76. The maximum absolute atomic E-state index is 12.1. The van der Waals surface area contributed by atoms with Gasteiger partial charge in [-0.3, -0.25) is 9.59 Å². The van der Waals surface area contributed by atoms with Gasteiger partial charge >= 0.3 is 0 Å². The van der Waals surface area contributed by atoms with Crippen molar-refractivity contribution in [3.05, 3.63) is 58.7 Å². The van der Waals surface area contributed by atoms with Gasteiger partial charge in [-0.05, 0) is 48.9 Å². The van der Waals surface area contributed by atoms with Crippen molar-refractivity contribution in [1.29, 1.82) is 0 Å². The van der Waals surface area contributed by atoms with Crippen molar-refractivity contribution >= 4 is 11.6 Å². The predicted octanol–water partition coefficient (Wildman–Crippen LogP) is 1.96. The zero-order valence-electron chi connectivity index (χ0n) is 11.3. The molecule has 108 valence electrons. The van der Waals surface area contributed by atoms with Gasteiger partial charge in [-0.25, -0.2) is 0 Å². The number of benzene rings is 2. The third kappa shape index (κ3) is 2.93. The Balaban J connectivity index is 2.35. The number of hydrogen-bond donors (Lipinski definition) is 3. The van der Waals surface area contributed by atoms with Crippen molar-refractivity contribution in [2.24, 2.45) is 0 Å². The highest BCUT2D eigenvalue weighted by Crippen LogP contribution is 2.21. The first-order valence-electron chi connectivity index (χ1n) is 6.25. The van der Waals surface area contributed by atoms with Gasteiger partial charge in [-0.15, -0.1) is 0 Å². The standard InChI is InChI=1S/C16H14O5/c1-9-6-10(2-4-13(9)18)15(20)16(21)11-3-5-14(19)12(7-11)8-17/h2-7,17-19H,8H2,1H3. The highest BCUT2D eigenvalue weighted by Gasteiger charge is 2.20. The molecule has 0 aliphatic carbocycles. The van der Waals surface area contributed by atoms with Crippen LogP contribution in [0.15, 0.2) is 36.4 Å². The predicted molar refractivity (Wildman–Crippen MR) is 75.5 cm³/mol. The highest BCUT2D eigenvalue weighted by atomic mass is 16.3. The quantitative estimate of drug-likeness (QED) is 0.590. The zero-order valence-corrected chi connectivity index (χ0v) is 11.3. The first-order chi connectivity index (χ1) is 9.93. The molecule has 5 heteroatoms. The monoisotopic (exact) mass is 286 g/mol. The summed E-state index contributed by atoms with van der Waals surface area (Å²) in [5.74, 6) is -1.55. The van der Waals surface area contributed by atoms with Crippen LogP contribution in [0.5, 0.6) is 11.5 Å². The van der Waals surface area contributed by atoms with Gasteiger partial charge < -0.3 is 15.3 Å². The molecule has 0 atom stereocenters. The Kier molecular flexibility index (Phi) is 4.05. The van der Waals surface area contributed by atoms with E-state index in [1.807, 2.05) is 0 Å². The summed E-state index contributed by atoms with van der Waals surface area (Å²) in [7, 11) is 0. The molecule has 0 aliphatic heterocycles. The second-order valence-electron chi connectivity index (χ2n) is 4.66. The van der Waals surface area contributed by atoms with Gasteiger partial charge in [0.1, 0.15) is 11.5 Å². The van der Waals surface area contributed by atoms with Crippen LogP contribution in [0, 0.1) is 6.92 Å². The molecule has 0 radical (unpaired) electrons. The molecule has 3 N–H and O–H groups in total. The van der Waals surface area contributed by atoms with Crippen LogP contribution >= 0.6 is 0 Å². The van der Waals surface area contributed by atoms with Crippen LogP contribution in [0.2, 0.25) is 0 Å². The van der Waals surface area contributed by atoms with Crippen LogP contribution in [0.4, 0.5) is 0 Å². The number of rotatable bonds is 4. The molecular formula is C16H14O5. The first-order valence-corrected chi connectivity index (χ1v) is 6.25. The van der Waals surface area contributed by atoms with Crippen molar-refractivity contribution in [3.8, 4) is 11.5 Å². The number of aromatic hydroxyl groups is 2. The van der Waals surface area contributed by atoms with E-state index in [2.05, 4.69) is 0 Å². The highest BCUT2D eigenvalue weighted by molar-refractivity contribution is 6.49. The minimum absolute atomic E-state index is 0.0474. The van der Waals surface area contributed by atoms with Crippen molar-refractivity contribution in [3.63, 3.8) is 0 Å². The van der Waals surface area contributed by atoms with E-state index in [9.17, 15) is 19.8 Å².